The van der Waals surface area contributed by atoms with Crippen LogP contribution >= 0.6 is 0 Å². The highest BCUT2D eigenvalue weighted by Crippen LogP contribution is 2.17. The molecule has 0 aromatic heterocycles. The second-order valence-electron chi connectivity index (χ2n) is 4.17. The van der Waals surface area contributed by atoms with E-state index < -0.39 is 11.6 Å². The summed E-state index contributed by atoms with van der Waals surface area (Å²) in [5, 5.41) is 5.58. The molecule has 0 heterocycles. The first-order valence-electron chi connectivity index (χ1n) is 5.59. The lowest BCUT2D eigenvalue weighted by atomic mass is 10.2. The molecular weight excluding hydrogens is 226 g/mol. The predicted octanol–water partition coefficient (Wildman–Crippen LogP) is 1.33. The second kappa shape index (κ2) is 5.23. The lowest BCUT2D eigenvalue weighted by molar-refractivity contribution is -0.120. The summed E-state index contributed by atoms with van der Waals surface area (Å²) in [5.41, 5.74) is 0.157. The molecule has 92 valence electrons. The number of hydrogen-bond acceptors (Lipinski definition) is 2. The molecule has 1 fully saturated rings. The molecule has 1 aromatic rings. The number of benzene rings is 1. The summed E-state index contributed by atoms with van der Waals surface area (Å²) in [6.45, 7) is 0.233. The van der Waals surface area contributed by atoms with Gasteiger partial charge in [0.25, 0.3) is 0 Å². The molecule has 3 nitrogen and oxygen atoms in total. The fraction of sp³-hybridized carbons (Fsp3) is 0.417. The highest BCUT2D eigenvalue weighted by atomic mass is 19.1. The van der Waals surface area contributed by atoms with Gasteiger partial charge in [-0.1, -0.05) is 0 Å². The fourth-order valence-corrected chi connectivity index (χ4v) is 1.46. The maximum absolute atomic E-state index is 13.2. The van der Waals surface area contributed by atoms with Crippen molar-refractivity contribution in [3.05, 3.63) is 35.4 Å². The van der Waals surface area contributed by atoms with Crippen molar-refractivity contribution in [1.82, 2.24) is 10.6 Å². The number of amides is 1. The van der Waals surface area contributed by atoms with Gasteiger partial charge < -0.3 is 10.6 Å². The molecule has 1 aliphatic carbocycles. The van der Waals surface area contributed by atoms with Gasteiger partial charge in [-0.05, 0) is 31.0 Å². The zero-order chi connectivity index (χ0) is 12.3. The highest BCUT2D eigenvalue weighted by Gasteiger charge is 2.21. The Morgan fingerprint density at radius 2 is 2.12 bits per heavy atom. The summed E-state index contributed by atoms with van der Waals surface area (Å²) >= 11 is 0. The van der Waals surface area contributed by atoms with E-state index in [9.17, 15) is 13.6 Å². The normalized spacial score (nSPS) is 14.7. The van der Waals surface area contributed by atoms with E-state index in [4.69, 9.17) is 0 Å². The van der Waals surface area contributed by atoms with Crippen LogP contribution in [0.1, 0.15) is 18.4 Å². The van der Waals surface area contributed by atoms with Crippen LogP contribution in [-0.4, -0.2) is 18.5 Å². The standard InChI is InChI=1S/C12H14F2N2O/c13-9-1-4-11(14)8(5-9)6-16-12(17)7-15-10-2-3-10/h1,4-5,10,15H,2-3,6-7H2,(H,16,17). The lowest BCUT2D eigenvalue weighted by Gasteiger charge is -2.07. The number of hydrogen-bond donors (Lipinski definition) is 2. The second-order valence-corrected chi connectivity index (χ2v) is 4.17. The number of nitrogens with one attached hydrogen (secondary N) is 2. The SMILES string of the molecule is O=C(CNC1CC1)NCc1cc(F)ccc1F. The smallest absolute Gasteiger partial charge is 0.234 e. The summed E-state index contributed by atoms with van der Waals surface area (Å²) in [7, 11) is 0. The first kappa shape index (κ1) is 12.0. The number of carbonyl (C=O) groups excluding carboxylic acids is 1. The molecule has 17 heavy (non-hydrogen) atoms. The molecule has 0 atom stereocenters. The van der Waals surface area contributed by atoms with E-state index in [0.717, 1.165) is 31.0 Å². The van der Waals surface area contributed by atoms with Crippen LogP contribution in [0.5, 0.6) is 0 Å². The van der Waals surface area contributed by atoms with E-state index in [1.807, 2.05) is 0 Å². The van der Waals surface area contributed by atoms with Crippen LogP contribution in [0, 0.1) is 11.6 Å². The van der Waals surface area contributed by atoms with Crippen molar-refractivity contribution in [3.8, 4) is 0 Å². The van der Waals surface area contributed by atoms with Gasteiger partial charge in [0, 0.05) is 18.2 Å². The number of rotatable bonds is 5. The van der Waals surface area contributed by atoms with Gasteiger partial charge in [-0.25, -0.2) is 8.78 Å². The Hall–Kier alpha value is -1.49. The number of carbonyl (C=O) groups is 1. The molecule has 0 aliphatic heterocycles. The molecule has 1 aliphatic rings. The fourth-order valence-electron chi connectivity index (χ4n) is 1.46. The monoisotopic (exact) mass is 240 g/mol. The Balaban J connectivity index is 1.79. The lowest BCUT2D eigenvalue weighted by Crippen LogP contribution is -2.34. The Morgan fingerprint density at radius 1 is 1.35 bits per heavy atom. The predicted molar refractivity (Wildman–Crippen MR) is 59.2 cm³/mol. The van der Waals surface area contributed by atoms with Gasteiger partial charge in [-0.2, -0.15) is 0 Å². The van der Waals surface area contributed by atoms with E-state index in [0.29, 0.717) is 6.04 Å². The van der Waals surface area contributed by atoms with E-state index in [-0.39, 0.29) is 24.6 Å². The third kappa shape index (κ3) is 3.78. The van der Waals surface area contributed by atoms with Gasteiger partial charge in [-0.15, -0.1) is 0 Å². The summed E-state index contributed by atoms with van der Waals surface area (Å²) in [4.78, 5) is 11.4. The van der Waals surface area contributed by atoms with Crippen LogP contribution in [0.2, 0.25) is 0 Å². The summed E-state index contributed by atoms with van der Waals surface area (Å²) in [5.74, 6) is -1.23. The molecule has 2 rings (SSSR count). The molecule has 0 spiro atoms. The van der Waals surface area contributed by atoms with Crippen LogP contribution in [0.25, 0.3) is 0 Å². The minimum atomic E-state index is -0.512. The largest absolute Gasteiger partial charge is 0.351 e. The van der Waals surface area contributed by atoms with E-state index in [2.05, 4.69) is 10.6 Å². The Kier molecular flexibility index (Phi) is 3.68. The van der Waals surface area contributed by atoms with Gasteiger partial charge in [0.1, 0.15) is 11.6 Å². The Labute approximate surface area is 98.2 Å². The summed E-state index contributed by atoms with van der Waals surface area (Å²) < 4.78 is 26.1. The van der Waals surface area contributed by atoms with Crippen LogP contribution in [-0.2, 0) is 11.3 Å². The van der Waals surface area contributed by atoms with E-state index >= 15 is 0 Å². The van der Waals surface area contributed by atoms with Crippen molar-refractivity contribution < 1.29 is 13.6 Å². The van der Waals surface area contributed by atoms with Gasteiger partial charge in [0.05, 0.1) is 6.54 Å². The van der Waals surface area contributed by atoms with Crippen molar-refractivity contribution in [1.29, 1.82) is 0 Å². The first-order valence-corrected chi connectivity index (χ1v) is 5.59. The molecule has 1 amide bonds. The van der Waals surface area contributed by atoms with Crippen molar-refractivity contribution in [2.45, 2.75) is 25.4 Å². The highest BCUT2D eigenvalue weighted by molar-refractivity contribution is 5.78. The third-order valence-corrected chi connectivity index (χ3v) is 2.61. The zero-order valence-corrected chi connectivity index (χ0v) is 9.30. The minimum absolute atomic E-state index is 0.00870. The van der Waals surface area contributed by atoms with Crippen LogP contribution < -0.4 is 10.6 Å². The molecule has 0 radical (unpaired) electrons. The van der Waals surface area contributed by atoms with E-state index in [1.54, 1.807) is 0 Å². The Morgan fingerprint density at radius 3 is 2.82 bits per heavy atom. The van der Waals surface area contributed by atoms with Gasteiger partial charge in [0.2, 0.25) is 5.91 Å². The minimum Gasteiger partial charge on any atom is -0.351 e. The topological polar surface area (TPSA) is 41.1 Å². The van der Waals surface area contributed by atoms with Gasteiger partial charge >= 0.3 is 0 Å². The summed E-state index contributed by atoms with van der Waals surface area (Å²) in [6.07, 6.45) is 2.21. The van der Waals surface area contributed by atoms with Gasteiger partial charge in [-0.3, -0.25) is 4.79 Å². The third-order valence-electron chi connectivity index (χ3n) is 2.61. The molecule has 2 N–H and O–H groups in total. The van der Waals surface area contributed by atoms with Crippen molar-refractivity contribution >= 4 is 5.91 Å². The quantitative estimate of drug-likeness (QED) is 0.815. The zero-order valence-electron chi connectivity index (χ0n) is 9.30. The molecule has 1 saturated carbocycles. The van der Waals surface area contributed by atoms with Gasteiger partial charge in [0.15, 0.2) is 0 Å². The molecule has 0 unspecified atom stereocenters. The maximum atomic E-state index is 13.2. The van der Waals surface area contributed by atoms with Crippen molar-refractivity contribution in [3.63, 3.8) is 0 Å². The van der Waals surface area contributed by atoms with Crippen molar-refractivity contribution in [2.75, 3.05) is 6.54 Å². The van der Waals surface area contributed by atoms with E-state index in [1.165, 1.54) is 0 Å². The molecule has 0 bridgehead atoms. The number of halogens is 2. The van der Waals surface area contributed by atoms with Crippen molar-refractivity contribution in [2.24, 2.45) is 0 Å². The molecular formula is C12H14F2N2O. The first-order chi connectivity index (χ1) is 8.15. The molecule has 0 saturated heterocycles. The summed E-state index contributed by atoms with van der Waals surface area (Å²) in [6, 6.07) is 3.64. The van der Waals surface area contributed by atoms with Crippen LogP contribution in [0.3, 0.4) is 0 Å². The Bertz CT molecular complexity index is 419. The average molecular weight is 240 g/mol. The maximum Gasteiger partial charge on any atom is 0.234 e. The molecule has 5 heteroatoms. The average Bonchev–Trinajstić information content (AvgIpc) is 3.11. The van der Waals surface area contributed by atoms with Crippen LogP contribution in [0.15, 0.2) is 18.2 Å². The van der Waals surface area contributed by atoms with Crippen LogP contribution in [0.4, 0.5) is 8.78 Å². The molecule has 1 aromatic carbocycles.